The van der Waals surface area contributed by atoms with Crippen molar-refractivity contribution in [1.29, 1.82) is 0 Å². The van der Waals surface area contributed by atoms with Crippen LogP contribution in [0.3, 0.4) is 0 Å². The summed E-state index contributed by atoms with van der Waals surface area (Å²) in [6, 6.07) is 10.2. The zero-order valence-corrected chi connectivity index (χ0v) is 18.5. The second-order valence-corrected chi connectivity index (χ2v) is 7.85. The maximum atomic E-state index is 13.2. The fourth-order valence-electron chi connectivity index (χ4n) is 3.74. The number of nitrogens with zero attached hydrogens (tertiary/aromatic N) is 3. The lowest BCUT2D eigenvalue weighted by molar-refractivity contribution is 0.0664. The molecule has 3 aromatic rings. The van der Waals surface area contributed by atoms with E-state index in [2.05, 4.69) is 9.88 Å². The molecule has 0 spiro atoms. The molecule has 0 radical (unpaired) electrons. The molecule has 1 fully saturated rings. The van der Waals surface area contributed by atoms with Crippen molar-refractivity contribution in [2.24, 2.45) is 0 Å². The molecule has 4 rings (SSSR count). The van der Waals surface area contributed by atoms with Gasteiger partial charge in [-0.1, -0.05) is 0 Å². The number of likely N-dealkylation sites (N-methyl/N-ethyl adjacent to an activating group) is 1. The average Bonchev–Trinajstić information content (AvgIpc) is 2.78. The van der Waals surface area contributed by atoms with E-state index in [-0.39, 0.29) is 16.2 Å². The summed E-state index contributed by atoms with van der Waals surface area (Å²) < 4.78 is 12.2. The molecule has 162 valence electrons. The summed E-state index contributed by atoms with van der Waals surface area (Å²) in [6.07, 6.45) is 0. The maximum absolute atomic E-state index is 13.2. The molecule has 0 bridgehead atoms. The lowest BCUT2D eigenvalue weighted by atomic mass is 10.1. The Labute approximate surface area is 184 Å². The van der Waals surface area contributed by atoms with Gasteiger partial charge in [0, 0.05) is 37.8 Å². The Morgan fingerprint density at radius 2 is 1.71 bits per heavy atom. The van der Waals surface area contributed by atoms with Crippen LogP contribution in [0.15, 0.2) is 41.2 Å². The van der Waals surface area contributed by atoms with E-state index in [0.717, 1.165) is 13.1 Å². The van der Waals surface area contributed by atoms with E-state index in [9.17, 15) is 9.59 Å². The number of carbonyl (C=O) groups is 1. The van der Waals surface area contributed by atoms with Crippen molar-refractivity contribution in [1.82, 2.24) is 19.4 Å². The lowest BCUT2D eigenvalue weighted by Gasteiger charge is -2.32. The first-order chi connectivity index (χ1) is 14.9. The molecule has 2 aromatic carbocycles. The molecule has 0 unspecified atom stereocenters. The zero-order chi connectivity index (χ0) is 22.1. The molecule has 1 N–H and O–H groups in total. The number of aromatic nitrogens is 2. The summed E-state index contributed by atoms with van der Waals surface area (Å²) in [4.78, 5) is 33.2. The highest BCUT2D eigenvalue weighted by Crippen LogP contribution is 2.29. The summed E-state index contributed by atoms with van der Waals surface area (Å²) in [7, 11) is 5.12. The lowest BCUT2D eigenvalue weighted by Crippen LogP contribution is -2.47. The van der Waals surface area contributed by atoms with Gasteiger partial charge in [0.05, 0.1) is 30.8 Å². The van der Waals surface area contributed by atoms with Crippen LogP contribution in [0.4, 0.5) is 0 Å². The summed E-state index contributed by atoms with van der Waals surface area (Å²) in [5.41, 5.74) is 1.35. The number of amides is 1. The number of aromatic amines is 1. The quantitative estimate of drug-likeness (QED) is 0.628. The molecule has 2 heterocycles. The van der Waals surface area contributed by atoms with E-state index in [1.807, 2.05) is 11.9 Å². The van der Waals surface area contributed by atoms with E-state index in [4.69, 9.17) is 21.7 Å². The van der Waals surface area contributed by atoms with E-state index in [1.54, 1.807) is 43.5 Å². The normalized spacial score (nSPS) is 14.6. The van der Waals surface area contributed by atoms with Crippen molar-refractivity contribution in [3.63, 3.8) is 0 Å². The number of hydrogen-bond acceptors (Lipinski definition) is 6. The molecular weight excluding hydrogens is 416 g/mol. The van der Waals surface area contributed by atoms with Gasteiger partial charge in [-0.15, -0.1) is 0 Å². The van der Waals surface area contributed by atoms with E-state index in [0.29, 0.717) is 46.7 Å². The van der Waals surface area contributed by atoms with Gasteiger partial charge in [0.2, 0.25) is 0 Å². The molecule has 1 saturated heterocycles. The topological polar surface area (TPSA) is 79.8 Å². The standard InChI is InChI=1S/C22H24N4O4S/c1-24-8-10-25(11-9-24)20(27)14-4-6-16-17(12-14)23-22(31)26(21(16)28)15-5-7-18(29-2)19(13-15)30-3/h4-7,12-13H,8-11H2,1-3H3,(H,23,31). The predicted molar refractivity (Wildman–Crippen MR) is 121 cm³/mol. The molecule has 0 saturated carbocycles. The highest BCUT2D eigenvalue weighted by molar-refractivity contribution is 7.71. The first-order valence-corrected chi connectivity index (χ1v) is 10.3. The highest BCUT2D eigenvalue weighted by Gasteiger charge is 2.21. The Balaban J connectivity index is 1.75. The monoisotopic (exact) mass is 440 g/mol. The molecule has 0 aliphatic carbocycles. The number of benzene rings is 2. The summed E-state index contributed by atoms with van der Waals surface area (Å²) in [5, 5.41) is 0.443. The average molecular weight is 441 g/mol. The molecule has 0 atom stereocenters. The maximum Gasteiger partial charge on any atom is 0.266 e. The number of H-pyrrole nitrogens is 1. The van der Waals surface area contributed by atoms with Gasteiger partial charge in [-0.05, 0) is 49.6 Å². The summed E-state index contributed by atoms with van der Waals surface area (Å²) in [5.74, 6) is 1.01. The van der Waals surface area contributed by atoms with Crippen LogP contribution in [0.1, 0.15) is 10.4 Å². The van der Waals surface area contributed by atoms with Gasteiger partial charge in [0.1, 0.15) is 0 Å². The van der Waals surface area contributed by atoms with E-state index in [1.165, 1.54) is 11.7 Å². The van der Waals surface area contributed by atoms with Crippen LogP contribution in [-0.4, -0.2) is 72.7 Å². The van der Waals surface area contributed by atoms with Gasteiger partial charge in [0.25, 0.3) is 11.5 Å². The Bertz CT molecular complexity index is 1260. The van der Waals surface area contributed by atoms with Crippen LogP contribution in [0.5, 0.6) is 11.5 Å². The predicted octanol–water partition coefficient (Wildman–Crippen LogP) is 2.45. The minimum Gasteiger partial charge on any atom is -0.493 e. The highest BCUT2D eigenvalue weighted by atomic mass is 32.1. The summed E-state index contributed by atoms with van der Waals surface area (Å²) in [6.45, 7) is 3.06. The molecule has 31 heavy (non-hydrogen) atoms. The van der Waals surface area contributed by atoms with Crippen molar-refractivity contribution < 1.29 is 14.3 Å². The minimum atomic E-state index is -0.274. The second-order valence-electron chi connectivity index (χ2n) is 7.47. The molecule has 1 aliphatic heterocycles. The van der Waals surface area contributed by atoms with Gasteiger partial charge < -0.3 is 24.3 Å². The number of hydrogen-bond donors (Lipinski definition) is 1. The number of rotatable bonds is 4. The second kappa shape index (κ2) is 8.52. The van der Waals surface area contributed by atoms with Crippen LogP contribution >= 0.6 is 12.2 Å². The van der Waals surface area contributed by atoms with E-state index < -0.39 is 0 Å². The van der Waals surface area contributed by atoms with Crippen LogP contribution in [0.25, 0.3) is 16.6 Å². The fourth-order valence-corrected chi connectivity index (χ4v) is 4.04. The SMILES string of the molecule is COc1ccc(-n2c(=S)[nH]c3cc(C(=O)N4CCN(C)CC4)ccc3c2=O)cc1OC. The van der Waals surface area contributed by atoms with Gasteiger partial charge >= 0.3 is 0 Å². The van der Waals surface area contributed by atoms with Crippen LogP contribution in [0.2, 0.25) is 0 Å². The molecule has 1 aliphatic rings. The van der Waals surface area contributed by atoms with Crippen LogP contribution < -0.4 is 15.0 Å². The van der Waals surface area contributed by atoms with Crippen LogP contribution in [0, 0.1) is 4.77 Å². The Morgan fingerprint density at radius 3 is 2.39 bits per heavy atom. The summed E-state index contributed by atoms with van der Waals surface area (Å²) >= 11 is 5.47. The number of carbonyl (C=O) groups excluding carboxylic acids is 1. The Hall–Kier alpha value is -3.17. The Morgan fingerprint density at radius 1 is 1.00 bits per heavy atom. The first kappa shape index (κ1) is 21.1. The zero-order valence-electron chi connectivity index (χ0n) is 17.7. The van der Waals surface area contributed by atoms with Crippen LogP contribution in [-0.2, 0) is 0 Å². The molecule has 1 aromatic heterocycles. The van der Waals surface area contributed by atoms with Gasteiger partial charge in [-0.3, -0.25) is 14.2 Å². The number of ether oxygens (including phenoxy) is 2. The Kier molecular flexibility index (Phi) is 5.79. The minimum absolute atomic E-state index is 0.0432. The number of piperazine rings is 1. The molecule has 9 heteroatoms. The fraction of sp³-hybridized carbons (Fsp3) is 0.318. The number of methoxy groups -OCH3 is 2. The molecular formula is C22H24N4O4S. The smallest absolute Gasteiger partial charge is 0.266 e. The van der Waals surface area contributed by atoms with Gasteiger partial charge in [-0.25, -0.2) is 0 Å². The third-order valence-electron chi connectivity index (χ3n) is 5.56. The van der Waals surface area contributed by atoms with Gasteiger partial charge in [-0.2, -0.15) is 0 Å². The third kappa shape index (κ3) is 3.94. The van der Waals surface area contributed by atoms with E-state index >= 15 is 0 Å². The largest absolute Gasteiger partial charge is 0.493 e. The third-order valence-corrected chi connectivity index (χ3v) is 5.85. The molecule has 1 amide bonds. The molecule has 8 nitrogen and oxygen atoms in total. The van der Waals surface area contributed by atoms with Crippen molar-refractivity contribution in [3.8, 4) is 17.2 Å². The van der Waals surface area contributed by atoms with Crippen molar-refractivity contribution in [2.45, 2.75) is 0 Å². The van der Waals surface area contributed by atoms with Crippen molar-refractivity contribution in [2.75, 3.05) is 47.4 Å². The number of fused-ring (bicyclic) bond motifs is 1. The van der Waals surface area contributed by atoms with Gasteiger partial charge in [0.15, 0.2) is 16.3 Å². The van der Waals surface area contributed by atoms with Crippen molar-refractivity contribution >= 4 is 29.0 Å². The van der Waals surface area contributed by atoms with Crippen molar-refractivity contribution in [3.05, 3.63) is 57.1 Å². The first-order valence-electron chi connectivity index (χ1n) is 9.92. The number of nitrogens with one attached hydrogen (secondary N) is 1.